The third-order valence-corrected chi connectivity index (χ3v) is 3.44. The largest absolute Gasteiger partial charge is 0.487 e. The van der Waals surface area contributed by atoms with Crippen molar-refractivity contribution >= 4 is 17.1 Å². The standard InChI is InChI=1S/C14H15NO2S/c1-9-4-5-14(13(6-9)10(2)16)17-8-12-7-15-11(3)18-12/h4-7H,8H2,1-3H3. The van der Waals surface area contributed by atoms with Crippen LogP contribution in [0.3, 0.4) is 0 Å². The summed E-state index contributed by atoms with van der Waals surface area (Å²) in [5, 5.41) is 1.02. The number of carbonyl (C=O) groups is 1. The van der Waals surface area contributed by atoms with Crippen molar-refractivity contribution in [2.75, 3.05) is 0 Å². The molecule has 1 heterocycles. The predicted octanol–water partition coefficient (Wildman–Crippen LogP) is 3.54. The number of aryl methyl sites for hydroxylation is 2. The highest BCUT2D eigenvalue weighted by atomic mass is 32.1. The van der Waals surface area contributed by atoms with Crippen LogP contribution in [-0.4, -0.2) is 10.8 Å². The topological polar surface area (TPSA) is 39.2 Å². The lowest BCUT2D eigenvalue weighted by atomic mass is 10.1. The first-order chi connectivity index (χ1) is 8.56. The van der Waals surface area contributed by atoms with Gasteiger partial charge in [-0.15, -0.1) is 11.3 Å². The van der Waals surface area contributed by atoms with Gasteiger partial charge in [0, 0.05) is 6.20 Å². The van der Waals surface area contributed by atoms with Crippen LogP contribution in [0, 0.1) is 13.8 Å². The molecule has 0 amide bonds. The Labute approximate surface area is 110 Å². The molecule has 0 radical (unpaired) electrons. The van der Waals surface area contributed by atoms with E-state index in [0.717, 1.165) is 15.4 Å². The number of hydrogen-bond acceptors (Lipinski definition) is 4. The molecule has 0 fully saturated rings. The molecule has 0 N–H and O–H groups in total. The number of Topliss-reactive ketones (excluding diaryl/α,β-unsaturated/α-hetero) is 1. The van der Waals surface area contributed by atoms with E-state index in [2.05, 4.69) is 4.98 Å². The second-order valence-corrected chi connectivity index (χ2v) is 5.51. The van der Waals surface area contributed by atoms with Crippen molar-refractivity contribution in [3.8, 4) is 5.75 Å². The van der Waals surface area contributed by atoms with Gasteiger partial charge in [-0.25, -0.2) is 4.98 Å². The smallest absolute Gasteiger partial charge is 0.163 e. The summed E-state index contributed by atoms with van der Waals surface area (Å²) in [6.07, 6.45) is 1.81. The van der Waals surface area contributed by atoms with E-state index in [4.69, 9.17) is 4.74 Å². The first kappa shape index (κ1) is 12.8. The highest BCUT2D eigenvalue weighted by Gasteiger charge is 2.09. The van der Waals surface area contributed by atoms with Gasteiger partial charge in [0.15, 0.2) is 5.78 Å². The second-order valence-electron chi connectivity index (χ2n) is 4.19. The monoisotopic (exact) mass is 261 g/mol. The normalized spacial score (nSPS) is 10.4. The molecule has 18 heavy (non-hydrogen) atoms. The molecule has 2 rings (SSSR count). The summed E-state index contributed by atoms with van der Waals surface area (Å²) in [4.78, 5) is 16.8. The Kier molecular flexibility index (Phi) is 3.77. The molecule has 0 aliphatic heterocycles. The minimum absolute atomic E-state index is 0.0224. The van der Waals surface area contributed by atoms with Crippen LogP contribution < -0.4 is 4.74 Å². The Morgan fingerprint density at radius 2 is 2.17 bits per heavy atom. The van der Waals surface area contributed by atoms with Gasteiger partial charge in [0.25, 0.3) is 0 Å². The maximum atomic E-state index is 11.5. The van der Waals surface area contributed by atoms with E-state index in [-0.39, 0.29) is 5.78 Å². The van der Waals surface area contributed by atoms with Crippen LogP contribution in [0.4, 0.5) is 0 Å². The molecule has 0 saturated carbocycles. The van der Waals surface area contributed by atoms with E-state index in [0.29, 0.717) is 17.9 Å². The molecular weight excluding hydrogens is 246 g/mol. The average Bonchev–Trinajstić information content (AvgIpc) is 2.73. The molecule has 0 spiro atoms. The fraction of sp³-hybridized carbons (Fsp3) is 0.286. The molecule has 0 unspecified atom stereocenters. The van der Waals surface area contributed by atoms with Gasteiger partial charge in [-0.1, -0.05) is 11.6 Å². The summed E-state index contributed by atoms with van der Waals surface area (Å²) in [6.45, 7) is 5.93. The van der Waals surface area contributed by atoms with E-state index < -0.39 is 0 Å². The van der Waals surface area contributed by atoms with Gasteiger partial charge in [0.05, 0.1) is 15.4 Å². The van der Waals surface area contributed by atoms with Gasteiger partial charge < -0.3 is 4.74 Å². The maximum absolute atomic E-state index is 11.5. The first-order valence-electron chi connectivity index (χ1n) is 5.72. The SMILES string of the molecule is CC(=O)c1cc(C)ccc1OCc1cnc(C)s1. The van der Waals surface area contributed by atoms with Crippen LogP contribution in [0.25, 0.3) is 0 Å². The Hall–Kier alpha value is -1.68. The third kappa shape index (κ3) is 2.96. The van der Waals surface area contributed by atoms with Crippen molar-refractivity contribution in [1.82, 2.24) is 4.98 Å². The molecule has 94 valence electrons. The minimum atomic E-state index is 0.0224. The molecule has 3 nitrogen and oxygen atoms in total. The van der Waals surface area contributed by atoms with Crippen molar-refractivity contribution in [2.45, 2.75) is 27.4 Å². The summed E-state index contributed by atoms with van der Waals surface area (Å²) in [7, 11) is 0. The summed E-state index contributed by atoms with van der Waals surface area (Å²) in [6, 6.07) is 5.65. The first-order valence-corrected chi connectivity index (χ1v) is 6.53. The molecule has 0 aliphatic rings. The fourth-order valence-corrected chi connectivity index (χ4v) is 2.37. The van der Waals surface area contributed by atoms with E-state index in [9.17, 15) is 4.79 Å². The third-order valence-electron chi connectivity index (χ3n) is 2.55. The molecule has 2 aromatic rings. The number of rotatable bonds is 4. The van der Waals surface area contributed by atoms with Gasteiger partial charge in [0.2, 0.25) is 0 Å². The Balaban J connectivity index is 2.16. The van der Waals surface area contributed by atoms with Crippen LogP contribution in [0.1, 0.15) is 32.7 Å². The number of thiazole rings is 1. The van der Waals surface area contributed by atoms with Gasteiger partial charge in [0.1, 0.15) is 12.4 Å². The zero-order valence-corrected chi connectivity index (χ0v) is 11.5. The van der Waals surface area contributed by atoms with E-state index >= 15 is 0 Å². The van der Waals surface area contributed by atoms with Gasteiger partial charge in [-0.2, -0.15) is 0 Å². The quantitative estimate of drug-likeness (QED) is 0.790. The molecule has 1 aromatic carbocycles. The maximum Gasteiger partial charge on any atom is 0.163 e. The summed E-state index contributed by atoms with van der Waals surface area (Å²) in [5.41, 5.74) is 1.69. The highest BCUT2D eigenvalue weighted by molar-refractivity contribution is 7.11. The summed E-state index contributed by atoms with van der Waals surface area (Å²) >= 11 is 1.60. The number of carbonyl (C=O) groups excluding carboxylic acids is 1. The zero-order chi connectivity index (χ0) is 13.1. The lowest BCUT2D eigenvalue weighted by Crippen LogP contribution is -2.01. The Bertz CT molecular complexity index is 575. The Morgan fingerprint density at radius 1 is 1.39 bits per heavy atom. The number of hydrogen-bond donors (Lipinski definition) is 0. The lowest BCUT2D eigenvalue weighted by Gasteiger charge is -2.09. The van der Waals surface area contributed by atoms with Crippen LogP contribution in [-0.2, 0) is 6.61 Å². The average molecular weight is 261 g/mol. The van der Waals surface area contributed by atoms with Crippen molar-refractivity contribution in [1.29, 1.82) is 0 Å². The van der Waals surface area contributed by atoms with Gasteiger partial charge in [-0.3, -0.25) is 4.79 Å². The number of ether oxygens (including phenoxy) is 1. The molecule has 0 atom stereocenters. The number of benzene rings is 1. The van der Waals surface area contributed by atoms with Crippen LogP contribution in [0.5, 0.6) is 5.75 Å². The number of ketones is 1. The fourth-order valence-electron chi connectivity index (χ4n) is 1.67. The van der Waals surface area contributed by atoms with Crippen LogP contribution >= 0.6 is 11.3 Å². The molecule has 0 bridgehead atoms. The van der Waals surface area contributed by atoms with Gasteiger partial charge >= 0.3 is 0 Å². The van der Waals surface area contributed by atoms with E-state index in [1.165, 1.54) is 0 Å². The summed E-state index contributed by atoms with van der Waals surface area (Å²) in [5.74, 6) is 0.660. The molecule has 4 heteroatoms. The number of nitrogens with zero attached hydrogens (tertiary/aromatic N) is 1. The predicted molar refractivity (Wildman–Crippen MR) is 72.4 cm³/mol. The van der Waals surface area contributed by atoms with E-state index in [1.807, 2.05) is 38.2 Å². The van der Waals surface area contributed by atoms with Crippen LogP contribution in [0.15, 0.2) is 24.4 Å². The Morgan fingerprint density at radius 3 is 2.78 bits per heavy atom. The number of aromatic nitrogens is 1. The molecule has 1 aromatic heterocycles. The minimum Gasteiger partial charge on any atom is -0.487 e. The van der Waals surface area contributed by atoms with Crippen molar-refractivity contribution < 1.29 is 9.53 Å². The van der Waals surface area contributed by atoms with Gasteiger partial charge in [-0.05, 0) is 32.9 Å². The van der Waals surface area contributed by atoms with E-state index in [1.54, 1.807) is 18.3 Å². The lowest BCUT2D eigenvalue weighted by molar-refractivity contribution is 0.101. The molecule has 0 aliphatic carbocycles. The van der Waals surface area contributed by atoms with Crippen molar-refractivity contribution in [3.63, 3.8) is 0 Å². The van der Waals surface area contributed by atoms with Crippen molar-refractivity contribution in [3.05, 3.63) is 45.4 Å². The highest BCUT2D eigenvalue weighted by Crippen LogP contribution is 2.22. The second kappa shape index (κ2) is 5.31. The van der Waals surface area contributed by atoms with Crippen molar-refractivity contribution in [2.24, 2.45) is 0 Å². The molecule has 0 saturated heterocycles. The van der Waals surface area contributed by atoms with Crippen LogP contribution in [0.2, 0.25) is 0 Å². The molecular formula is C14H15NO2S. The summed E-state index contributed by atoms with van der Waals surface area (Å²) < 4.78 is 5.70. The zero-order valence-electron chi connectivity index (χ0n) is 10.7.